The summed E-state index contributed by atoms with van der Waals surface area (Å²) in [7, 11) is 0. The Morgan fingerprint density at radius 2 is 1.45 bits per heavy atom. The largest absolute Gasteiger partial charge is 1.00 e. The van der Waals surface area contributed by atoms with Crippen molar-refractivity contribution < 1.29 is 49.0 Å². The van der Waals surface area contributed by atoms with Crippen LogP contribution in [0.15, 0.2) is 78.9 Å². The van der Waals surface area contributed by atoms with Gasteiger partial charge in [-0.2, -0.15) is 0 Å². The Morgan fingerprint density at radius 3 is 2.10 bits per heavy atom. The van der Waals surface area contributed by atoms with E-state index in [1.165, 1.54) is 28.7 Å². The van der Waals surface area contributed by atoms with E-state index < -0.39 is 23.8 Å². The first kappa shape index (κ1) is 22.9. The predicted molar refractivity (Wildman–Crippen MR) is 110 cm³/mol. The van der Waals surface area contributed by atoms with Crippen LogP contribution in [0.2, 0.25) is 0 Å². The van der Waals surface area contributed by atoms with Gasteiger partial charge >= 0.3 is 29.6 Å². The molecule has 0 bridgehead atoms. The van der Waals surface area contributed by atoms with E-state index in [-0.39, 0.29) is 46.2 Å². The van der Waals surface area contributed by atoms with E-state index in [1.807, 2.05) is 48.5 Å². The van der Waals surface area contributed by atoms with E-state index in [1.54, 1.807) is 0 Å². The van der Waals surface area contributed by atoms with Gasteiger partial charge in [-0.15, -0.1) is 0 Å². The van der Waals surface area contributed by atoms with Gasteiger partial charge < -0.3 is 9.90 Å². The summed E-state index contributed by atoms with van der Waals surface area (Å²) in [6.45, 7) is 0. The monoisotopic (exact) mass is 421 g/mol. The third kappa shape index (κ3) is 4.79. The minimum absolute atomic E-state index is 0. The summed E-state index contributed by atoms with van der Waals surface area (Å²) in [5.41, 5.74) is 2.31. The molecule has 3 aromatic carbocycles. The van der Waals surface area contributed by atoms with Crippen LogP contribution in [0.3, 0.4) is 0 Å². The zero-order valence-electron chi connectivity index (χ0n) is 17.3. The summed E-state index contributed by atoms with van der Waals surface area (Å²) >= 11 is 0. The van der Waals surface area contributed by atoms with Crippen LogP contribution < -0.4 is 34.7 Å². The molecular formula is C25H20NNaO4. The molecule has 0 unspecified atom stereocenters. The van der Waals surface area contributed by atoms with Crippen molar-refractivity contribution in [3.63, 3.8) is 0 Å². The third-order valence-electron chi connectivity index (χ3n) is 5.44. The SMILES string of the molecule is O=C([O-])c1ccc2c(c1)C(=O)N([C@H](CCCc1ccccc1)c1ccccc1)C2=O.[Na+]. The molecule has 4 rings (SSSR count). The number of fused-ring (bicyclic) bond motifs is 1. The maximum absolute atomic E-state index is 13.1. The van der Waals surface area contributed by atoms with E-state index in [2.05, 4.69) is 12.1 Å². The first-order valence-corrected chi connectivity index (χ1v) is 9.88. The summed E-state index contributed by atoms with van der Waals surface area (Å²) in [5, 5.41) is 11.2. The second-order valence-corrected chi connectivity index (χ2v) is 7.33. The third-order valence-corrected chi connectivity index (χ3v) is 5.44. The molecule has 0 spiro atoms. The molecule has 0 aromatic heterocycles. The number of carboxylic acids is 1. The Kier molecular flexibility index (Phi) is 7.44. The Hall–Kier alpha value is -2.73. The zero-order valence-corrected chi connectivity index (χ0v) is 19.3. The van der Waals surface area contributed by atoms with Crippen LogP contribution in [0.5, 0.6) is 0 Å². The molecule has 31 heavy (non-hydrogen) atoms. The standard InChI is InChI=1S/C25H21NO4.Na/c27-23-20-15-14-19(25(29)30)16-21(20)24(28)26(23)22(18-11-5-2-6-12-18)13-7-10-17-8-3-1-4-9-17;/h1-6,8-9,11-12,14-16,22H,7,10,13H2,(H,29,30);/q;+1/p-1/t22-;/m1./s1. The number of aryl methyl sites for hydroxylation is 1. The fourth-order valence-corrected chi connectivity index (χ4v) is 3.93. The maximum Gasteiger partial charge on any atom is 1.00 e. The molecule has 1 aliphatic rings. The number of aromatic carboxylic acids is 1. The van der Waals surface area contributed by atoms with E-state index in [4.69, 9.17) is 0 Å². The number of rotatable bonds is 7. The number of carboxylic acid groups (broad SMARTS) is 1. The van der Waals surface area contributed by atoms with Crippen molar-refractivity contribution >= 4 is 17.8 Å². The fraction of sp³-hybridized carbons (Fsp3) is 0.160. The van der Waals surface area contributed by atoms with Crippen molar-refractivity contribution in [2.75, 3.05) is 0 Å². The molecule has 0 saturated carbocycles. The molecule has 3 aromatic rings. The average Bonchev–Trinajstić information content (AvgIpc) is 3.02. The minimum atomic E-state index is -1.38. The first-order chi connectivity index (χ1) is 14.6. The number of hydrogen-bond acceptors (Lipinski definition) is 4. The Labute approximate surface area is 203 Å². The Morgan fingerprint density at radius 1 is 0.839 bits per heavy atom. The van der Waals surface area contributed by atoms with E-state index in [0.717, 1.165) is 18.4 Å². The summed E-state index contributed by atoms with van der Waals surface area (Å²) in [6, 6.07) is 23.0. The van der Waals surface area contributed by atoms with Crippen LogP contribution in [-0.4, -0.2) is 22.7 Å². The van der Waals surface area contributed by atoms with Crippen LogP contribution in [0.1, 0.15) is 61.1 Å². The smallest absolute Gasteiger partial charge is 0.545 e. The normalized spacial score (nSPS) is 13.5. The summed E-state index contributed by atoms with van der Waals surface area (Å²) in [5.74, 6) is -2.24. The molecule has 0 radical (unpaired) electrons. The number of benzene rings is 3. The van der Waals surface area contributed by atoms with E-state index in [0.29, 0.717) is 6.42 Å². The van der Waals surface area contributed by atoms with Crippen molar-refractivity contribution in [1.82, 2.24) is 4.90 Å². The van der Waals surface area contributed by atoms with Gasteiger partial charge in [-0.3, -0.25) is 14.5 Å². The second-order valence-electron chi connectivity index (χ2n) is 7.33. The molecule has 1 heterocycles. The van der Waals surface area contributed by atoms with E-state index >= 15 is 0 Å². The molecule has 0 aliphatic carbocycles. The molecule has 6 heteroatoms. The zero-order chi connectivity index (χ0) is 21.1. The predicted octanol–water partition coefficient (Wildman–Crippen LogP) is 0.414. The van der Waals surface area contributed by atoms with Crippen molar-refractivity contribution in [2.24, 2.45) is 0 Å². The van der Waals surface area contributed by atoms with Gasteiger partial charge in [-0.1, -0.05) is 66.7 Å². The summed E-state index contributed by atoms with van der Waals surface area (Å²) in [6.07, 6.45) is 2.24. The number of carbonyl (C=O) groups is 3. The fourth-order valence-electron chi connectivity index (χ4n) is 3.93. The minimum Gasteiger partial charge on any atom is -0.545 e. The molecule has 0 fully saturated rings. The Balaban J connectivity index is 0.00000272. The van der Waals surface area contributed by atoms with Crippen LogP contribution >= 0.6 is 0 Å². The van der Waals surface area contributed by atoms with Gasteiger partial charge in [-0.25, -0.2) is 0 Å². The molecule has 0 N–H and O–H groups in total. The number of amides is 2. The van der Waals surface area contributed by atoms with Crippen molar-refractivity contribution in [1.29, 1.82) is 0 Å². The van der Waals surface area contributed by atoms with Gasteiger partial charge in [0.15, 0.2) is 0 Å². The maximum atomic E-state index is 13.1. The number of carbonyl (C=O) groups excluding carboxylic acids is 3. The number of hydrogen-bond donors (Lipinski definition) is 0. The van der Waals surface area contributed by atoms with Crippen molar-refractivity contribution in [3.05, 3.63) is 107 Å². The first-order valence-electron chi connectivity index (χ1n) is 9.88. The average molecular weight is 421 g/mol. The van der Waals surface area contributed by atoms with Gasteiger partial charge in [0.1, 0.15) is 0 Å². The van der Waals surface area contributed by atoms with Crippen LogP contribution in [0, 0.1) is 0 Å². The quantitative estimate of drug-likeness (QED) is 0.409. The van der Waals surface area contributed by atoms with Gasteiger partial charge in [0, 0.05) is 0 Å². The van der Waals surface area contributed by atoms with Gasteiger partial charge in [0.2, 0.25) is 0 Å². The van der Waals surface area contributed by atoms with Gasteiger partial charge in [0.05, 0.1) is 23.1 Å². The van der Waals surface area contributed by atoms with Crippen LogP contribution in [0.25, 0.3) is 0 Å². The van der Waals surface area contributed by atoms with Crippen molar-refractivity contribution in [3.8, 4) is 0 Å². The number of nitrogens with zero attached hydrogens (tertiary/aromatic N) is 1. The molecule has 2 amide bonds. The van der Waals surface area contributed by atoms with Gasteiger partial charge in [-0.05, 0) is 48.1 Å². The molecule has 1 aliphatic heterocycles. The Bertz CT molecular complexity index is 1100. The molecular weight excluding hydrogens is 401 g/mol. The topological polar surface area (TPSA) is 77.5 Å². The summed E-state index contributed by atoms with van der Waals surface area (Å²) < 4.78 is 0. The number of imide groups is 1. The molecule has 150 valence electrons. The molecule has 0 saturated heterocycles. The summed E-state index contributed by atoms with van der Waals surface area (Å²) in [4.78, 5) is 38.6. The molecule has 1 atom stereocenters. The molecule has 5 nitrogen and oxygen atoms in total. The van der Waals surface area contributed by atoms with Crippen LogP contribution in [-0.2, 0) is 6.42 Å². The van der Waals surface area contributed by atoms with Crippen LogP contribution in [0.4, 0.5) is 0 Å². The van der Waals surface area contributed by atoms with Crippen molar-refractivity contribution in [2.45, 2.75) is 25.3 Å². The van der Waals surface area contributed by atoms with E-state index in [9.17, 15) is 19.5 Å². The van der Waals surface area contributed by atoms with Gasteiger partial charge in [0.25, 0.3) is 11.8 Å². The second kappa shape index (κ2) is 10.1.